The van der Waals surface area contributed by atoms with E-state index >= 15 is 0 Å². The van der Waals surface area contributed by atoms with Crippen LogP contribution >= 0.6 is 0 Å². The number of amides is 3. The Labute approximate surface area is 255 Å². The fraction of sp³-hybridized carbons (Fsp3) is 0.600. The second-order valence-electron chi connectivity index (χ2n) is 14.0. The molecule has 6 aliphatic rings. The molecule has 5 aliphatic carbocycles. The molecular weight excluding hydrogens is 538 g/mol. The van der Waals surface area contributed by atoms with E-state index in [9.17, 15) is 9.59 Å². The number of nitrogens with zero attached hydrogens (tertiary/aromatic N) is 2. The quantitative estimate of drug-likeness (QED) is 0.362. The number of para-hydroxylation sites is 2. The highest BCUT2D eigenvalue weighted by molar-refractivity contribution is 6.02. The van der Waals surface area contributed by atoms with Crippen LogP contribution in [0.1, 0.15) is 81.0 Å². The average molecular weight is 586 g/mol. The zero-order chi connectivity index (χ0) is 29.4. The number of piperazine rings is 1. The molecule has 43 heavy (non-hydrogen) atoms. The highest BCUT2D eigenvalue weighted by atomic mass is 16.5. The van der Waals surface area contributed by atoms with Crippen LogP contribution in [0.5, 0.6) is 5.75 Å². The van der Waals surface area contributed by atoms with E-state index in [2.05, 4.69) is 31.8 Å². The van der Waals surface area contributed by atoms with Gasteiger partial charge in [-0.1, -0.05) is 31.4 Å². The molecule has 8 rings (SSSR count). The molecule has 2 aromatic rings. The number of ether oxygens (including phenoxy) is 1. The average Bonchev–Trinajstić information content (AvgIpc) is 3.00. The normalized spacial score (nSPS) is 28.4. The van der Waals surface area contributed by atoms with Gasteiger partial charge in [0.25, 0.3) is 5.91 Å². The number of carbonyl (C=O) groups excluding carboxylic acids is 2. The van der Waals surface area contributed by atoms with Crippen molar-refractivity contribution in [1.29, 1.82) is 0 Å². The minimum absolute atomic E-state index is 0.0424. The topological polar surface area (TPSA) is 85.9 Å². The van der Waals surface area contributed by atoms with Gasteiger partial charge in [-0.15, -0.1) is 0 Å². The number of hydrogen-bond donors (Lipinski definition) is 3. The summed E-state index contributed by atoms with van der Waals surface area (Å²) in [5.41, 5.74) is 3.29. The van der Waals surface area contributed by atoms with Crippen LogP contribution in [-0.2, 0) is 0 Å². The molecule has 4 bridgehead atoms. The van der Waals surface area contributed by atoms with E-state index in [4.69, 9.17) is 4.74 Å². The second-order valence-corrected chi connectivity index (χ2v) is 14.0. The lowest BCUT2D eigenvalue weighted by Gasteiger charge is -2.56. The van der Waals surface area contributed by atoms with Gasteiger partial charge in [0.1, 0.15) is 5.75 Å². The first-order valence-corrected chi connectivity index (χ1v) is 16.6. The van der Waals surface area contributed by atoms with Crippen LogP contribution in [0.2, 0.25) is 0 Å². The third-order valence-corrected chi connectivity index (χ3v) is 10.9. The number of benzene rings is 2. The maximum atomic E-state index is 13.8. The first-order valence-electron chi connectivity index (χ1n) is 16.6. The van der Waals surface area contributed by atoms with Crippen molar-refractivity contribution >= 4 is 29.0 Å². The Morgan fingerprint density at radius 1 is 0.814 bits per heavy atom. The van der Waals surface area contributed by atoms with Gasteiger partial charge in [-0.2, -0.15) is 0 Å². The molecule has 1 heterocycles. The van der Waals surface area contributed by atoms with Gasteiger partial charge in [-0.3, -0.25) is 4.79 Å². The smallest absolute Gasteiger partial charge is 0.319 e. The molecule has 0 aromatic heterocycles. The Bertz CT molecular complexity index is 1300. The Hall–Kier alpha value is -3.42. The maximum Gasteiger partial charge on any atom is 0.319 e. The molecule has 0 spiro atoms. The molecule has 1 saturated heterocycles. The van der Waals surface area contributed by atoms with Gasteiger partial charge in [0.2, 0.25) is 0 Å². The van der Waals surface area contributed by atoms with Gasteiger partial charge in [0.05, 0.1) is 18.4 Å². The number of methoxy groups -OCH3 is 1. The van der Waals surface area contributed by atoms with Gasteiger partial charge in [-0.25, -0.2) is 4.79 Å². The van der Waals surface area contributed by atoms with Crippen molar-refractivity contribution in [2.24, 2.45) is 17.8 Å². The number of nitrogens with one attached hydrogen (secondary N) is 3. The third kappa shape index (κ3) is 6.02. The lowest BCUT2D eigenvalue weighted by atomic mass is 9.53. The molecule has 1 aliphatic heterocycles. The Balaban J connectivity index is 1.07. The van der Waals surface area contributed by atoms with Crippen LogP contribution in [0.3, 0.4) is 0 Å². The van der Waals surface area contributed by atoms with Crippen molar-refractivity contribution < 1.29 is 14.3 Å². The van der Waals surface area contributed by atoms with E-state index in [-0.39, 0.29) is 23.5 Å². The van der Waals surface area contributed by atoms with Crippen molar-refractivity contribution in [2.45, 2.75) is 82.2 Å². The van der Waals surface area contributed by atoms with Crippen LogP contribution < -0.4 is 30.5 Å². The Morgan fingerprint density at radius 2 is 1.44 bits per heavy atom. The molecule has 0 unspecified atom stereocenters. The van der Waals surface area contributed by atoms with Gasteiger partial charge in [0.15, 0.2) is 0 Å². The fourth-order valence-electron chi connectivity index (χ4n) is 9.33. The summed E-state index contributed by atoms with van der Waals surface area (Å²) in [6.45, 7) is 3.25. The van der Waals surface area contributed by atoms with E-state index in [1.54, 1.807) is 7.11 Å². The minimum Gasteiger partial charge on any atom is -0.495 e. The fourth-order valence-corrected chi connectivity index (χ4v) is 9.33. The van der Waals surface area contributed by atoms with Crippen molar-refractivity contribution in [2.75, 3.05) is 48.4 Å². The summed E-state index contributed by atoms with van der Waals surface area (Å²) in [5.74, 6) is 3.14. The largest absolute Gasteiger partial charge is 0.495 e. The van der Waals surface area contributed by atoms with Gasteiger partial charge in [0, 0.05) is 49.1 Å². The summed E-state index contributed by atoms with van der Waals surface area (Å²) >= 11 is 0. The second kappa shape index (κ2) is 11.9. The van der Waals surface area contributed by atoms with Crippen LogP contribution in [-0.4, -0.2) is 56.8 Å². The molecule has 8 nitrogen and oxygen atoms in total. The van der Waals surface area contributed by atoms with E-state index in [0.29, 0.717) is 11.3 Å². The molecule has 2 aromatic carbocycles. The van der Waals surface area contributed by atoms with Gasteiger partial charge < -0.3 is 30.5 Å². The van der Waals surface area contributed by atoms with Crippen molar-refractivity contribution in [1.82, 2.24) is 10.6 Å². The van der Waals surface area contributed by atoms with Crippen LogP contribution in [0.4, 0.5) is 21.9 Å². The van der Waals surface area contributed by atoms with Crippen LogP contribution in [0.15, 0.2) is 42.5 Å². The zero-order valence-electron chi connectivity index (χ0n) is 25.6. The molecule has 0 radical (unpaired) electrons. The van der Waals surface area contributed by atoms with Crippen molar-refractivity contribution in [3.05, 3.63) is 48.0 Å². The van der Waals surface area contributed by atoms with Crippen LogP contribution in [0, 0.1) is 17.8 Å². The first kappa shape index (κ1) is 28.4. The Morgan fingerprint density at radius 3 is 2.09 bits per heavy atom. The summed E-state index contributed by atoms with van der Waals surface area (Å²) in [4.78, 5) is 31.8. The molecule has 3 amide bonds. The standard InChI is InChI=1S/C35H47N5O3/c1-43-32-10-6-5-9-31(32)40-15-13-39(14-16-40)30-12-11-28(20-29(30)33(41)36-27-7-3-2-4-8-27)37-34(42)38-35-21-24-17-25(22-35)19-26(18-24)23-35/h5-6,9-12,20,24-27H,2-4,7-8,13-19,21-23H2,1H3,(H,36,41)(H2,37,38,42). The molecule has 230 valence electrons. The van der Waals surface area contributed by atoms with Crippen LogP contribution in [0.25, 0.3) is 0 Å². The SMILES string of the molecule is COc1ccccc1N1CCN(c2ccc(NC(=O)NC34CC5CC(CC(C5)C3)C4)cc2C(=O)NC2CCCCC2)CC1. The third-order valence-electron chi connectivity index (χ3n) is 10.9. The lowest BCUT2D eigenvalue weighted by Crippen LogP contribution is -2.60. The molecule has 6 fully saturated rings. The van der Waals surface area contributed by atoms with Crippen molar-refractivity contribution in [3.63, 3.8) is 0 Å². The summed E-state index contributed by atoms with van der Waals surface area (Å²) < 4.78 is 5.61. The van der Waals surface area contributed by atoms with E-state index in [1.807, 2.05) is 36.4 Å². The summed E-state index contributed by atoms with van der Waals surface area (Å²) in [6, 6.07) is 14.1. The number of urea groups is 1. The zero-order valence-corrected chi connectivity index (χ0v) is 25.6. The first-order chi connectivity index (χ1) is 21.0. The minimum atomic E-state index is -0.140. The summed E-state index contributed by atoms with van der Waals surface area (Å²) in [5, 5.41) is 9.86. The maximum absolute atomic E-state index is 13.8. The predicted octanol–water partition coefficient (Wildman–Crippen LogP) is 6.17. The summed E-state index contributed by atoms with van der Waals surface area (Å²) in [7, 11) is 1.71. The molecule has 5 saturated carbocycles. The van der Waals surface area contributed by atoms with Gasteiger partial charge >= 0.3 is 6.03 Å². The number of rotatable bonds is 7. The molecule has 0 atom stereocenters. The van der Waals surface area contributed by atoms with E-state index in [1.165, 1.54) is 25.7 Å². The predicted molar refractivity (Wildman–Crippen MR) is 171 cm³/mol. The number of carbonyl (C=O) groups is 2. The molecule has 3 N–H and O–H groups in total. The highest BCUT2D eigenvalue weighted by Gasteiger charge is 2.51. The molecule has 8 heteroatoms. The van der Waals surface area contributed by atoms with E-state index in [0.717, 1.165) is 106 Å². The monoisotopic (exact) mass is 585 g/mol. The van der Waals surface area contributed by atoms with Gasteiger partial charge in [-0.05, 0) is 99.5 Å². The lowest BCUT2D eigenvalue weighted by molar-refractivity contribution is -0.0127. The number of anilines is 3. The number of hydrogen-bond acceptors (Lipinski definition) is 5. The Kier molecular flexibility index (Phi) is 7.87. The summed E-state index contributed by atoms with van der Waals surface area (Å²) in [6.07, 6.45) is 13.0. The van der Waals surface area contributed by atoms with Crippen molar-refractivity contribution in [3.8, 4) is 5.75 Å². The highest BCUT2D eigenvalue weighted by Crippen LogP contribution is 2.55. The molecular formula is C35H47N5O3. The van der Waals surface area contributed by atoms with E-state index < -0.39 is 0 Å².